The van der Waals surface area contributed by atoms with Gasteiger partial charge in [0.05, 0.1) is 5.69 Å². The van der Waals surface area contributed by atoms with E-state index < -0.39 is 12.8 Å². The van der Waals surface area contributed by atoms with E-state index in [2.05, 4.69) is 5.32 Å². The number of amides is 1. The number of carbonyl (C=O) groups is 1. The zero-order valence-corrected chi connectivity index (χ0v) is 13.1. The summed E-state index contributed by atoms with van der Waals surface area (Å²) in [6, 6.07) is 4.12. The Bertz CT molecular complexity index is 566. The summed E-state index contributed by atoms with van der Waals surface area (Å²) in [5, 5.41) is 2.80. The molecule has 2 rings (SSSR count). The molecule has 4 nitrogen and oxygen atoms in total. The molecule has 8 heteroatoms. The number of halogens is 4. The molecule has 1 aliphatic rings. The molecule has 1 saturated carbocycles. The van der Waals surface area contributed by atoms with Crippen LogP contribution in [0.2, 0.25) is 5.02 Å². The van der Waals surface area contributed by atoms with Gasteiger partial charge in [-0.05, 0) is 30.9 Å². The fourth-order valence-electron chi connectivity index (χ4n) is 2.64. The first-order valence-corrected chi connectivity index (χ1v) is 7.67. The molecule has 1 aromatic carbocycles. The second kappa shape index (κ2) is 7.40. The summed E-state index contributed by atoms with van der Waals surface area (Å²) >= 11 is 5.77. The summed E-state index contributed by atoms with van der Waals surface area (Å²) in [5.41, 5.74) is 6.08. The van der Waals surface area contributed by atoms with Gasteiger partial charge in [-0.1, -0.05) is 18.0 Å². The molecule has 0 radical (unpaired) electrons. The third-order valence-corrected chi connectivity index (χ3v) is 4.01. The maximum atomic E-state index is 12.3. The number of anilines is 1. The number of ether oxygens (including phenoxy) is 1. The Balaban J connectivity index is 2.01. The number of nitrogens with one attached hydrogen (secondary N) is 1. The van der Waals surface area contributed by atoms with Crippen LogP contribution in [0, 0.1) is 5.92 Å². The van der Waals surface area contributed by atoms with E-state index >= 15 is 0 Å². The molecule has 0 aromatic heterocycles. The van der Waals surface area contributed by atoms with Gasteiger partial charge in [0.2, 0.25) is 5.91 Å². The fourth-order valence-corrected chi connectivity index (χ4v) is 2.80. The average molecular weight is 351 g/mol. The molecule has 0 saturated heterocycles. The maximum Gasteiger partial charge on any atom is 0.422 e. The third-order valence-electron chi connectivity index (χ3n) is 3.77. The van der Waals surface area contributed by atoms with Crippen molar-refractivity contribution in [3.05, 3.63) is 23.2 Å². The molecule has 1 amide bonds. The van der Waals surface area contributed by atoms with Gasteiger partial charge >= 0.3 is 6.18 Å². The van der Waals surface area contributed by atoms with Crippen LogP contribution in [0.15, 0.2) is 18.2 Å². The topological polar surface area (TPSA) is 64.4 Å². The smallest absolute Gasteiger partial charge is 0.422 e. The molecule has 0 aliphatic heterocycles. The fraction of sp³-hybridized carbons (Fsp3) is 0.533. The second-order valence-corrected chi connectivity index (χ2v) is 6.09. The van der Waals surface area contributed by atoms with E-state index in [1.165, 1.54) is 18.2 Å². The van der Waals surface area contributed by atoms with E-state index in [1.807, 2.05) is 0 Å². The van der Waals surface area contributed by atoms with Gasteiger partial charge in [0.1, 0.15) is 5.75 Å². The van der Waals surface area contributed by atoms with Crippen molar-refractivity contribution < 1.29 is 22.7 Å². The number of carbonyl (C=O) groups excluding carboxylic acids is 1. The van der Waals surface area contributed by atoms with Crippen LogP contribution < -0.4 is 15.8 Å². The number of alkyl halides is 3. The Morgan fingerprint density at radius 1 is 1.39 bits per heavy atom. The van der Waals surface area contributed by atoms with E-state index in [-0.39, 0.29) is 40.7 Å². The minimum atomic E-state index is -4.47. The molecule has 0 heterocycles. The van der Waals surface area contributed by atoms with Gasteiger partial charge in [-0.15, -0.1) is 0 Å². The number of nitrogens with two attached hydrogens (primary N) is 1. The Kier molecular flexibility index (Phi) is 5.75. The van der Waals surface area contributed by atoms with Crippen molar-refractivity contribution in [1.29, 1.82) is 0 Å². The van der Waals surface area contributed by atoms with Gasteiger partial charge in [0.25, 0.3) is 0 Å². The first-order chi connectivity index (χ1) is 10.7. The molecule has 0 spiro atoms. The number of rotatable bonds is 5. The Morgan fingerprint density at radius 2 is 2.13 bits per heavy atom. The van der Waals surface area contributed by atoms with Crippen molar-refractivity contribution in [2.24, 2.45) is 11.7 Å². The van der Waals surface area contributed by atoms with Crippen molar-refractivity contribution in [2.75, 3.05) is 11.9 Å². The predicted molar refractivity (Wildman–Crippen MR) is 81.6 cm³/mol. The first-order valence-electron chi connectivity index (χ1n) is 7.29. The lowest BCUT2D eigenvalue weighted by atomic mass is 10.00. The van der Waals surface area contributed by atoms with E-state index in [1.54, 1.807) is 0 Å². The van der Waals surface area contributed by atoms with Crippen molar-refractivity contribution in [2.45, 2.75) is 37.9 Å². The zero-order valence-electron chi connectivity index (χ0n) is 12.3. The summed E-state index contributed by atoms with van der Waals surface area (Å²) in [4.78, 5) is 12.1. The predicted octanol–water partition coefficient (Wildman–Crippen LogP) is 3.74. The highest BCUT2D eigenvalue weighted by atomic mass is 35.5. The monoisotopic (exact) mass is 350 g/mol. The minimum absolute atomic E-state index is 0.00748. The molecular weight excluding hydrogens is 333 g/mol. The van der Waals surface area contributed by atoms with Crippen molar-refractivity contribution in [1.82, 2.24) is 0 Å². The lowest BCUT2D eigenvalue weighted by Crippen LogP contribution is -2.28. The van der Waals surface area contributed by atoms with Crippen LogP contribution in [0.4, 0.5) is 18.9 Å². The number of hydrogen-bond acceptors (Lipinski definition) is 3. The van der Waals surface area contributed by atoms with Crippen LogP contribution >= 0.6 is 11.6 Å². The molecule has 1 aliphatic carbocycles. The minimum Gasteiger partial charge on any atom is -0.482 e. The quantitative estimate of drug-likeness (QED) is 0.850. The number of benzene rings is 1. The molecular formula is C15H18ClF3N2O2. The van der Waals surface area contributed by atoms with Crippen LogP contribution in [0.25, 0.3) is 0 Å². The number of hydrogen-bond donors (Lipinski definition) is 2. The van der Waals surface area contributed by atoms with Gasteiger partial charge in [-0.25, -0.2) is 0 Å². The standard InChI is InChI=1S/C15H18ClF3N2O2/c16-10-4-5-12(13(7-10)23-8-15(17,18)19)21-14(22)6-9-2-1-3-11(9)20/h4-5,7,9,11H,1-3,6,8,20H2,(H,21,22)/t9-,11+/m0/s1. The third kappa shape index (κ3) is 5.58. The first kappa shape index (κ1) is 17.9. The van der Waals surface area contributed by atoms with Gasteiger partial charge in [-0.3, -0.25) is 4.79 Å². The summed E-state index contributed by atoms with van der Waals surface area (Å²) in [7, 11) is 0. The Morgan fingerprint density at radius 3 is 2.74 bits per heavy atom. The van der Waals surface area contributed by atoms with E-state index in [9.17, 15) is 18.0 Å². The zero-order chi connectivity index (χ0) is 17.0. The molecule has 0 bridgehead atoms. The van der Waals surface area contributed by atoms with Crippen molar-refractivity contribution in [3.63, 3.8) is 0 Å². The summed E-state index contributed by atoms with van der Waals surface area (Å²) in [6.45, 7) is -1.45. The van der Waals surface area contributed by atoms with Crippen molar-refractivity contribution >= 4 is 23.2 Å². The van der Waals surface area contributed by atoms with Gasteiger partial charge in [-0.2, -0.15) is 13.2 Å². The van der Waals surface area contributed by atoms with Crippen LogP contribution in [0.5, 0.6) is 5.75 Å². The lowest BCUT2D eigenvalue weighted by Gasteiger charge is -2.17. The summed E-state index contributed by atoms with van der Waals surface area (Å²) in [5.74, 6) is -0.313. The highest BCUT2D eigenvalue weighted by Gasteiger charge is 2.29. The van der Waals surface area contributed by atoms with Gasteiger partial charge < -0.3 is 15.8 Å². The molecule has 1 aromatic rings. The lowest BCUT2D eigenvalue weighted by molar-refractivity contribution is -0.153. The SMILES string of the molecule is N[C@@H]1CCC[C@H]1CC(=O)Nc1ccc(Cl)cc1OCC(F)(F)F. The van der Waals surface area contributed by atoms with E-state index in [0.717, 1.165) is 19.3 Å². The van der Waals surface area contributed by atoms with Crippen molar-refractivity contribution in [3.8, 4) is 5.75 Å². The van der Waals surface area contributed by atoms with Crippen LogP contribution in [-0.2, 0) is 4.79 Å². The highest BCUT2D eigenvalue weighted by Crippen LogP contribution is 2.31. The molecule has 3 N–H and O–H groups in total. The van der Waals surface area contributed by atoms with Crippen LogP contribution in [-0.4, -0.2) is 24.7 Å². The summed E-state index contributed by atoms with van der Waals surface area (Å²) in [6.07, 6.45) is -1.48. The molecule has 23 heavy (non-hydrogen) atoms. The molecule has 2 atom stereocenters. The Labute approximate surface area is 137 Å². The highest BCUT2D eigenvalue weighted by molar-refractivity contribution is 6.30. The van der Waals surface area contributed by atoms with E-state index in [0.29, 0.717) is 0 Å². The largest absolute Gasteiger partial charge is 0.482 e. The average Bonchev–Trinajstić information content (AvgIpc) is 2.83. The maximum absolute atomic E-state index is 12.3. The normalized spacial score (nSPS) is 21.3. The van der Waals surface area contributed by atoms with Gasteiger partial charge in [0.15, 0.2) is 6.61 Å². The second-order valence-electron chi connectivity index (χ2n) is 5.65. The molecule has 128 valence electrons. The van der Waals surface area contributed by atoms with Crippen LogP contribution in [0.1, 0.15) is 25.7 Å². The van der Waals surface area contributed by atoms with Gasteiger partial charge in [0, 0.05) is 23.6 Å². The Hall–Kier alpha value is -1.47. The molecule has 0 unspecified atom stereocenters. The van der Waals surface area contributed by atoms with Crippen LogP contribution in [0.3, 0.4) is 0 Å². The van der Waals surface area contributed by atoms with E-state index in [4.69, 9.17) is 22.1 Å². The summed E-state index contributed by atoms with van der Waals surface area (Å²) < 4.78 is 41.6. The molecule has 1 fully saturated rings.